The molecule has 0 bridgehead atoms. The van der Waals surface area contributed by atoms with Gasteiger partial charge in [-0.2, -0.15) is 0 Å². The third-order valence-electron chi connectivity index (χ3n) is 18.9. The second kappa shape index (κ2) is 50.7. The standard InChI is InChI=1S/C85H149N13O18/c1-80(2,3)111-72(102)59-92-45-41-90(42-46-93(60-73(103)112-81(4,5)6)50-54-96(53-49-92)63-76(106)115-84(13,14)15)57-69(99)86-37-29-22-28-36-71(101)98(68(78(108)89-67-33-25-20-26-34-67)35-27-21-30-38-88-79(109)110-65-66-31-23-19-24-32-66)40-39-87-70(100)58-91-43-47-94(61-74(104)113-82(7,8)9)51-55-97(64-77(107)116-85(16,17)18)56-52-95(48-44-91)62-75(105)114-83(10,11)12/h19,23-24,31-32,67-68H,20-22,25-30,33-65H2,1-18H3,(H,86,99)(H,87,100)(H,88,109)(H,89,108). The molecule has 5 amide bonds. The van der Waals surface area contributed by atoms with E-state index in [0.717, 1.165) is 37.7 Å². The lowest BCUT2D eigenvalue weighted by Crippen LogP contribution is -2.54. The van der Waals surface area contributed by atoms with Gasteiger partial charge in [-0.15, -0.1) is 0 Å². The van der Waals surface area contributed by atoms with E-state index in [4.69, 9.17) is 33.2 Å². The number of carbonyl (C=O) groups excluding carboxylic acids is 11. The van der Waals surface area contributed by atoms with Gasteiger partial charge >= 0.3 is 41.9 Å². The number of alkyl carbamates (subject to hydrolysis) is 1. The molecule has 3 fully saturated rings. The van der Waals surface area contributed by atoms with Crippen molar-refractivity contribution in [1.82, 2.24) is 65.4 Å². The van der Waals surface area contributed by atoms with Gasteiger partial charge in [0.15, 0.2) is 0 Å². The SMILES string of the molecule is CC(C)(C)OC(=O)CN1CCN(CC(=O)NCCCCCC(=O)N(CCNC(=O)CN2CCN(CC(=O)OC(C)(C)C)CCN(CC(=O)OC(C)(C)C)CCN(CC(=O)OC(C)(C)C)CC2)C(CCCCCNC(=O)OCc2ccccc2)C(=O)NC2CCCCC2)CCN(CC(=O)OC(C)(C)C)CCN(CC(=O)OC(C)(C)C)CC1. The molecule has 1 aromatic carbocycles. The van der Waals surface area contributed by atoms with Gasteiger partial charge in [-0.05, 0) is 169 Å². The summed E-state index contributed by atoms with van der Waals surface area (Å²) < 4.78 is 39.9. The predicted octanol–water partition coefficient (Wildman–Crippen LogP) is 6.41. The fraction of sp³-hybridized carbons (Fsp3) is 0.800. The molecule has 1 saturated carbocycles. The van der Waals surface area contributed by atoms with E-state index < -0.39 is 81.6 Å². The zero-order valence-electron chi connectivity index (χ0n) is 74.1. The lowest BCUT2D eigenvalue weighted by molar-refractivity contribution is -0.158. The highest BCUT2D eigenvalue weighted by molar-refractivity contribution is 5.88. The van der Waals surface area contributed by atoms with E-state index in [1.54, 1.807) is 67.2 Å². The van der Waals surface area contributed by atoms with Crippen molar-refractivity contribution in [3.8, 4) is 0 Å². The number of esters is 6. The Bertz CT molecular complexity index is 3080. The minimum atomic E-state index is -0.898. The summed E-state index contributed by atoms with van der Waals surface area (Å²) in [5.74, 6) is -3.61. The molecular weight excluding hydrogens is 1490 g/mol. The number of nitrogens with one attached hydrogen (secondary N) is 4. The van der Waals surface area contributed by atoms with E-state index in [9.17, 15) is 47.9 Å². The molecule has 116 heavy (non-hydrogen) atoms. The average molecular weight is 1640 g/mol. The number of carbonyl (C=O) groups is 11. The van der Waals surface area contributed by atoms with E-state index in [1.165, 1.54) is 0 Å². The number of amides is 5. The van der Waals surface area contributed by atoms with E-state index >= 15 is 4.79 Å². The molecule has 2 aliphatic heterocycles. The van der Waals surface area contributed by atoms with Crippen molar-refractivity contribution in [2.75, 3.05) is 183 Å². The van der Waals surface area contributed by atoms with Crippen molar-refractivity contribution >= 4 is 65.5 Å². The summed E-state index contributed by atoms with van der Waals surface area (Å²) in [7, 11) is 0. The van der Waals surface area contributed by atoms with Crippen LogP contribution in [-0.2, 0) is 87.7 Å². The number of nitrogens with zero attached hydrogens (tertiary/aromatic N) is 9. The zero-order chi connectivity index (χ0) is 86.3. The smallest absolute Gasteiger partial charge is 0.407 e. The molecular formula is C85H149N13O18. The molecule has 1 aliphatic carbocycles. The van der Waals surface area contributed by atoms with Crippen molar-refractivity contribution in [3.05, 3.63) is 35.9 Å². The van der Waals surface area contributed by atoms with Crippen LogP contribution in [0.2, 0.25) is 0 Å². The molecule has 4 N–H and O–H groups in total. The zero-order valence-corrected chi connectivity index (χ0v) is 74.1. The van der Waals surface area contributed by atoms with Crippen LogP contribution in [0.4, 0.5) is 4.79 Å². The van der Waals surface area contributed by atoms with Gasteiger partial charge in [0.25, 0.3) is 0 Å². The highest BCUT2D eigenvalue weighted by atomic mass is 16.6. The number of unbranched alkanes of at least 4 members (excludes halogenated alkanes) is 4. The van der Waals surface area contributed by atoms with E-state index in [-0.39, 0.29) is 108 Å². The summed E-state index contributed by atoms with van der Waals surface area (Å²) in [6.07, 6.45) is 7.70. The maximum absolute atomic E-state index is 15.0. The molecule has 31 heteroatoms. The summed E-state index contributed by atoms with van der Waals surface area (Å²) in [6.45, 7) is 38.9. The number of benzene rings is 1. The van der Waals surface area contributed by atoms with Crippen LogP contribution < -0.4 is 21.3 Å². The van der Waals surface area contributed by atoms with Crippen LogP contribution in [0.3, 0.4) is 0 Å². The van der Waals surface area contributed by atoms with Crippen molar-refractivity contribution in [1.29, 1.82) is 0 Å². The number of hydrogen-bond acceptors (Lipinski definition) is 26. The Labute approximate surface area is 693 Å². The van der Waals surface area contributed by atoms with E-state index in [1.807, 2.05) is 132 Å². The van der Waals surface area contributed by atoms with Crippen LogP contribution >= 0.6 is 0 Å². The van der Waals surface area contributed by atoms with Gasteiger partial charge < -0.3 is 59.3 Å². The van der Waals surface area contributed by atoms with Crippen LogP contribution in [-0.4, -0.2) is 339 Å². The lowest BCUT2D eigenvalue weighted by Gasteiger charge is -2.34. The van der Waals surface area contributed by atoms with Gasteiger partial charge in [-0.3, -0.25) is 87.1 Å². The second-order valence-corrected chi connectivity index (χ2v) is 37.0. The van der Waals surface area contributed by atoms with Gasteiger partial charge in [-0.1, -0.05) is 68.9 Å². The molecule has 1 unspecified atom stereocenters. The number of rotatable bonds is 36. The molecule has 31 nitrogen and oxygen atoms in total. The molecule has 4 rings (SSSR count). The Morgan fingerprint density at radius 3 is 1.00 bits per heavy atom. The first kappa shape index (κ1) is 101. The average Bonchev–Trinajstić information content (AvgIpc) is 0.846. The minimum absolute atomic E-state index is 0.00433. The lowest BCUT2D eigenvalue weighted by atomic mass is 9.95. The van der Waals surface area contributed by atoms with Crippen molar-refractivity contribution in [3.63, 3.8) is 0 Å². The van der Waals surface area contributed by atoms with E-state index in [0.29, 0.717) is 163 Å². The number of ether oxygens (including phenoxy) is 7. The van der Waals surface area contributed by atoms with Crippen LogP contribution in [0, 0.1) is 0 Å². The fourth-order valence-corrected chi connectivity index (χ4v) is 13.6. The van der Waals surface area contributed by atoms with Crippen molar-refractivity contribution < 1.29 is 85.9 Å². The van der Waals surface area contributed by atoms with Gasteiger partial charge in [0.05, 0.1) is 52.4 Å². The molecule has 0 spiro atoms. The fourth-order valence-electron chi connectivity index (χ4n) is 13.6. The van der Waals surface area contributed by atoms with Gasteiger partial charge in [0.2, 0.25) is 23.6 Å². The summed E-state index contributed by atoms with van der Waals surface area (Å²) in [4.78, 5) is 169. The van der Waals surface area contributed by atoms with Crippen LogP contribution in [0.15, 0.2) is 30.3 Å². The summed E-state index contributed by atoms with van der Waals surface area (Å²) in [5, 5.41) is 12.3. The molecule has 1 atom stereocenters. The summed E-state index contributed by atoms with van der Waals surface area (Å²) >= 11 is 0. The molecule has 2 saturated heterocycles. The summed E-state index contributed by atoms with van der Waals surface area (Å²) in [6, 6.07) is 8.42. The Morgan fingerprint density at radius 1 is 0.371 bits per heavy atom. The molecule has 2 heterocycles. The Balaban J connectivity index is 1.57. The highest BCUT2D eigenvalue weighted by Gasteiger charge is 2.34. The third-order valence-corrected chi connectivity index (χ3v) is 18.9. The van der Waals surface area contributed by atoms with E-state index in [2.05, 4.69) is 21.3 Å². The molecule has 0 aromatic heterocycles. The maximum atomic E-state index is 15.0. The second-order valence-electron chi connectivity index (χ2n) is 37.0. The normalized spacial score (nSPS) is 17.4. The Morgan fingerprint density at radius 2 is 0.672 bits per heavy atom. The Kier molecular flexibility index (Phi) is 44.2. The first-order valence-corrected chi connectivity index (χ1v) is 42.4. The van der Waals surface area contributed by atoms with Crippen molar-refractivity contribution in [2.45, 2.75) is 260 Å². The highest BCUT2D eigenvalue weighted by Crippen LogP contribution is 2.22. The molecule has 0 radical (unpaired) electrons. The number of hydrogen-bond donors (Lipinski definition) is 4. The Hall–Kier alpha value is -7.13. The monoisotopic (exact) mass is 1640 g/mol. The van der Waals surface area contributed by atoms with Crippen molar-refractivity contribution in [2.24, 2.45) is 0 Å². The topological polar surface area (TPSA) is 330 Å². The quantitative estimate of drug-likeness (QED) is 0.0320. The van der Waals surface area contributed by atoms with Crippen LogP contribution in [0.25, 0.3) is 0 Å². The van der Waals surface area contributed by atoms with Crippen LogP contribution in [0.5, 0.6) is 0 Å². The van der Waals surface area contributed by atoms with Gasteiger partial charge in [-0.25, -0.2) is 4.79 Å². The third kappa shape index (κ3) is 49.3. The first-order chi connectivity index (χ1) is 54.2. The van der Waals surface area contributed by atoms with Gasteiger partial charge in [0.1, 0.15) is 46.3 Å². The molecule has 1 aromatic rings. The van der Waals surface area contributed by atoms with Gasteiger partial charge in [0, 0.05) is 143 Å². The molecule has 662 valence electrons. The largest absolute Gasteiger partial charge is 0.459 e. The summed E-state index contributed by atoms with van der Waals surface area (Å²) in [5.41, 5.74) is -3.50. The maximum Gasteiger partial charge on any atom is 0.407 e. The predicted molar refractivity (Wildman–Crippen MR) is 445 cm³/mol. The molecule has 3 aliphatic rings. The first-order valence-electron chi connectivity index (χ1n) is 42.4. The van der Waals surface area contributed by atoms with Crippen LogP contribution in [0.1, 0.15) is 214 Å². The minimum Gasteiger partial charge on any atom is -0.459 e.